The molecule has 1 aliphatic rings. The average molecular weight is 383 g/mol. The van der Waals surface area contributed by atoms with Crippen LogP contribution in [0.25, 0.3) is 10.2 Å². The lowest BCUT2D eigenvalue weighted by Gasteiger charge is -2.34. The fraction of sp³-hybridized carbons (Fsp3) is 0.300. The molecule has 0 saturated carbocycles. The van der Waals surface area contributed by atoms with Crippen molar-refractivity contribution in [3.63, 3.8) is 0 Å². The Hall–Kier alpha value is -2.80. The second kappa shape index (κ2) is 7.44. The molecule has 2 aromatic carbocycles. The van der Waals surface area contributed by atoms with Gasteiger partial charge in [-0.2, -0.15) is 0 Å². The average Bonchev–Trinajstić information content (AvgIpc) is 3.19. The van der Waals surface area contributed by atoms with Crippen LogP contribution in [0.15, 0.2) is 42.5 Å². The van der Waals surface area contributed by atoms with E-state index in [0.29, 0.717) is 13.1 Å². The van der Waals surface area contributed by atoms with Crippen LogP contribution in [-0.4, -0.2) is 56.2 Å². The van der Waals surface area contributed by atoms with Gasteiger partial charge in [-0.1, -0.05) is 29.5 Å². The van der Waals surface area contributed by atoms with Gasteiger partial charge in [0.25, 0.3) is 5.91 Å². The minimum atomic E-state index is 0.0860. The highest BCUT2D eigenvalue weighted by Gasteiger charge is 2.25. The first-order valence-electron chi connectivity index (χ1n) is 8.82. The Bertz CT molecular complexity index is 909. The van der Waals surface area contributed by atoms with Gasteiger partial charge in [0.05, 0.1) is 14.2 Å². The number of benzene rings is 2. The number of thiazole rings is 1. The molecule has 0 atom stereocenters. The van der Waals surface area contributed by atoms with E-state index in [1.807, 2.05) is 47.4 Å². The Kier molecular flexibility index (Phi) is 4.85. The lowest BCUT2D eigenvalue weighted by Crippen LogP contribution is -2.48. The first kappa shape index (κ1) is 17.6. The highest BCUT2D eigenvalue weighted by atomic mass is 32.1. The zero-order valence-corrected chi connectivity index (χ0v) is 16.2. The number of nitrogens with zero attached hydrogens (tertiary/aromatic N) is 3. The summed E-state index contributed by atoms with van der Waals surface area (Å²) in [5.41, 5.74) is 1.56. The molecule has 4 rings (SSSR count). The van der Waals surface area contributed by atoms with E-state index in [1.54, 1.807) is 25.6 Å². The van der Waals surface area contributed by atoms with Crippen LogP contribution in [-0.2, 0) is 0 Å². The number of methoxy groups -OCH3 is 2. The Morgan fingerprint density at radius 2 is 1.63 bits per heavy atom. The summed E-state index contributed by atoms with van der Waals surface area (Å²) < 4.78 is 11.9. The molecule has 1 aliphatic heterocycles. The quantitative estimate of drug-likeness (QED) is 0.692. The third-order valence-corrected chi connectivity index (χ3v) is 5.89. The molecule has 3 aromatic rings. The van der Waals surface area contributed by atoms with Crippen molar-refractivity contribution in [1.29, 1.82) is 0 Å². The molecule has 0 unspecified atom stereocenters. The number of ether oxygens (including phenoxy) is 2. The van der Waals surface area contributed by atoms with E-state index in [0.717, 1.165) is 45.5 Å². The minimum Gasteiger partial charge on any atom is -0.495 e. The number of hydrogen-bond acceptors (Lipinski definition) is 6. The molecule has 6 nitrogen and oxygen atoms in total. The lowest BCUT2D eigenvalue weighted by molar-refractivity contribution is 0.0747. The first-order valence-corrected chi connectivity index (χ1v) is 9.63. The van der Waals surface area contributed by atoms with Gasteiger partial charge in [-0.15, -0.1) is 0 Å². The van der Waals surface area contributed by atoms with Crippen molar-refractivity contribution < 1.29 is 14.3 Å². The zero-order valence-electron chi connectivity index (χ0n) is 15.3. The van der Waals surface area contributed by atoms with Crippen molar-refractivity contribution >= 4 is 32.6 Å². The summed E-state index contributed by atoms with van der Waals surface area (Å²) in [6.45, 7) is 2.86. The Labute approximate surface area is 161 Å². The number of aromatic nitrogens is 1. The van der Waals surface area contributed by atoms with E-state index in [4.69, 9.17) is 14.5 Å². The smallest absolute Gasteiger partial charge is 0.253 e. The van der Waals surface area contributed by atoms with Crippen LogP contribution in [0.4, 0.5) is 5.13 Å². The molecular weight excluding hydrogens is 362 g/mol. The van der Waals surface area contributed by atoms with Crippen molar-refractivity contribution in [2.45, 2.75) is 0 Å². The lowest BCUT2D eigenvalue weighted by atomic mass is 10.2. The molecule has 0 bridgehead atoms. The molecule has 0 radical (unpaired) electrons. The normalized spacial score (nSPS) is 14.4. The van der Waals surface area contributed by atoms with E-state index >= 15 is 0 Å². The summed E-state index contributed by atoms with van der Waals surface area (Å²) in [7, 11) is 3.31. The molecule has 2 heterocycles. The van der Waals surface area contributed by atoms with Crippen molar-refractivity contribution in [3.8, 4) is 11.5 Å². The Morgan fingerprint density at radius 1 is 0.963 bits per heavy atom. The molecule has 1 amide bonds. The van der Waals surface area contributed by atoms with Gasteiger partial charge < -0.3 is 19.3 Å². The maximum atomic E-state index is 12.6. The number of piperazine rings is 1. The van der Waals surface area contributed by atoms with Gasteiger partial charge in [-0.25, -0.2) is 4.98 Å². The highest BCUT2D eigenvalue weighted by molar-refractivity contribution is 7.22. The van der Waals surface area contributed by atoms with Crippen LogP contribution in [0.3, 0.4) is 0 Å². The fourth-order valence-corrected chi connectivity index (χ4v) is 4.40. The molecule has 140 valence electrons. The standard InChI is InChI=1S/C20H21N3O3S/c1-25-15-8-9-16(26-2)18-17(15)21-20(27-18)23-12-10-22(11-13-23)19(24)14-6-4-3-5-7-14/h3-9H,10-13H2,1-2H3. The minimum absolute atomic E-state index is 0.0860. The van der Waals surface area contributed by atoms with Crippen LogP contribution in [0, 0.1) is 0 Å². The van der Waals surface area contributed by atoms with E-state index in [1.165, 1.54) is 0 Å². The molecule has 1 aromatic heterocycles. The molecule has 0 spiro atoms. The highest BCUT2D eigenvalue weighted by Crippen LogP contribution is 2.40. The topological polar surface area (TPSA) is 54.9 Å². The molecule has 1 saturated heterocycles. The summed E-state index contributed by atoms with van der Waals surface area (Å²) in [5, 5.41) is 0.930. The second-order valence-electron chi connectivity index (χ2n) is 6.29. The largest absolute Gasteiger partial charge is 0.495 e. The first-order chi connectivity index (χ1) is 13.2. The predicted octanol–water partition coefficient (Wildman–Crippen LogP) is 3.28. The summed E-state index contributed by atoms with van der Waals surface area (Å²) >= 11 is 1.60. The summed E-state index contributed by atoms with van der Waals surface area (Å²) in [4.78, 5) is 21.5. The van der Waals surface area contributed by atoms with Gasteiger partial charge in [-0.3, -0.25) is 4.79 Å². The fourth-order valence-electron chi connectivity index (χ4n) is 3.27. The summed E-state index contributed by atoms with van der Waals surface area (Å²) in [6, 6.07) is 13.2. The Balaban J connectivity index is 1.52. The SMILES string of the molecule is COc1ccc(OC)c2sc(N3CCN(C(=O)c4ccccc4)CC3)nc12. The van der Waals surface area contributed by atoms with Crippen LogP contribution in [0.2, 0.25) is 0 Å². The van der Waals surface area contributed by atoms with Gasteiger partial charge in [0.2, 0.25) is 0 Å². The number of carbonyl (C=O) groups is 1. The van der Waals surface area contributed by atoms with Crippen molar-refractivity contribution in [3.05, 3.63) is 48.0 Å². The Morgan fingerprint density at radius 3 is 2.30 bits per heavy atom. The van der Waals surface area contributed by atoms with Gasteiger partial charge in [0.15, 0.2) is 5.13 Å². The number of hydrogen-bond donors (Lipinski definition) is 0. The molecule has 0 N–H and O–H groups in total. The number of anilines is 1. The number of rotatable bonds is 4. The molecule has 0 aliphatic carbocycles. The van der Waals surface area contributed by atoms with Crippen LogP contribution in [0.1, 0.15) is 10.4 Å². The van der Waals surface area contributed by atoms with Crippen molar-refractivity contribution in [1.82, 2.24) is 9.88 Å². The van der Waals surface area contributed by atoms with Crippen molar-refractivity contribution in [2.24, 2.45) is 0 Å². The number of amides is 1. The van der Waals surface area contributed by atoms with Crippen LogP contribution < -0.4 is 14.4 Å². The third-order valence-electron chi connectivity index (χ3n) is 4.76. The zero-order chi connectivity index (χ0) is 18.8. The molecule has 27 heavy (non-hydrogen) atoms. The monoisotopic (exact) mass is 383 g/mol. The van der Waals surface area contributed by atoms with Crippen molar-refractivity contribution in [2.75, 3.05) is 45.3 Å². The third kappa shape index (κ3) is 3.30. The van der Waals surface area contributed by atoms with Gasteiger partial charge >= 0.3 is 0 Å². The van der Waals surface area contributed by atoms with Gasteiger partial charge in [0, 0.05) is 31.7 Å². The number of fused-ring (bicyclic) bond motifs is 1. The van der Waals surface area contributed by atoms with Crippen LogP contribution in [0.5, 0.6) is 11.5 Å². The number of carbonyl (C=O) groups excluding carboxylic acids is 1. The van der Waals surface area contributed by atoms with E-state index in [2.05, 4.69) is 4.90 Å². The van der Waals surface area contributed by atoms with E-state index in [9.17, 15) is 4.79 Å². The maximum Gasteiger partial charge on any atom is 0.253 e. The van der Waals surface area contributed by atoms with E-state index < -0.39 is 0 Å². The van der Waals surface area contributed by atoms with E-state index in [-0.39, 0.29) is 5.91 Å². The molecular formula is C20H21N3O3S. The molecule has 1 fully saturated rings. The van der Waals surface area contributed by atoms with Gasteiger partial charge in [-0.05, 0) is 24.3 Å². The second-order valence-corrected chi connectivity index (χ2v) is 7.27. The molecule has 7 heteroatoms. The summed E-state index contributed by atoms with van der Waals surface area (Å²) in [5.74, 6) is 1.63. The van der Waals surface area contributed by atoms with Gasteiger partial charge in [0.1, 0.15) is 21.7 Å². The maximum absolute atomic E-state index is 12.6. The van der Waals surface area contributed by atoms with Crippen LogP contribution >= 0.6 is 11.3 Å². The summed E-state index contributed by atoms with van der Waals surface area (Å²) in [6.07, 6.45) is 0. The predicted molar refractivity (Wildman–Crippen MR) is 107 cm³/mol.